The molecule has 0 aliphatic heterocycles. The van der Waals surface area contributed by atoms with Crippen molar-refractivity contribution < 1.29 is 0 Å². The van der Waals surface area contributed by atoms with Crippen LogP contribution in [0.3, 0.4) is 0 Å². The molecule has 0 aliphatic carbocycles. The van der Waals surface area contributed by atoms with Crippen molar-refractivity contribution in [1.82, 2.24) is 9.97 Å². The third kappa shape index (κ3) is 4.03. The van der Waals surface area contributed by atoms with Crippen LogP contribution in [-0.2, 0) is 10.8 Å². The van der Waals surface area contributed by atoms with Gasteiger partial charge in [-0.05, 0) is 86.3 Å². The number of aromatic amines is 1. The standard InChI is InChI=1S/C32H34N2/c1-20-8-13-27(33-19-20)28-14-15-29(34-28)30-25-12-11-23(31(2,3)4)17-22(25)16-21-9-10-24(18-26(21)30)32(5,6)7/h8-19,34H,1-7H3. The van der Waals surface area contributed by atoms with Gasteiger partial charge in [-0.15, -0.1) is 0 Å². The fraction of sp³-hybridized carbons (Fsp3) is 0.281. The molecule has 0 spiro atoms. The zero-order valence-corrected chi connectivity index (χ0v) is 21.4. The Morgan fingerprint density at radius 3 is 1.97 bits per heavy atom. The number of aryl methyl sites for hydroxylation is 1. The average Bonchev–Trinajstić information content (AvgIpc) is 3.25. The van der Waals surface area contributed by atoms with Crippen molar-refractivity contribution in [2.75, 3.05) is 0 Å². The number of nitrogens with one attached hydrogen (secondary N) is 1. The Hall–Kier alpha value is -3.39. The number of rotatable bonds is 2. The summed E-state index contributed by atoms with van der Waals surface area (Å²) in [6.07, 6.45) is 1.92. The first-order valence-electron chi connectivity index (χ1n) is 12.1. The van der Waals surface area contributed by atoms with Crippen molar-refractivity contribution in [3.05, 3.63) is 89.6 Å². The highest BCUT2D eigenvalue weighted by Crippen LogP contribution is 2.40. The van der Waals surface area contributed by atoms with Gasteiger partial charge < -0.3 is 4.98 Å². The van der Waals surface area contributed by atoms with Gasteiger partial charge in [-0.3, -0.25) is 4.98 Å². The third-order valence-corrected chi connectivity index (χ3v) is 6.83. The van der Waals surface area contributed by atoms with Crippen LogP contribution in [0.2, 0.25) is 0 Å². The van der Waals surface area contributed by atoms with Gasteiger partial charge in [0.25, 0.3) is 0 Å². The zero-order valence-electron chi connectivity index (χ0n) is 21.4. The molecule has 2 heteroatoms. The monoisotopic (exact) mass is 446 g/mol. The topological polar surface area (TPSA) is 28.7 Å². The molecule has 172 valence electrons. The van der Waals surface area contributed by atoms with Crippen LogP contribution in [0.4, 0.5) is 0 Å². The Labute approximate surface area is 203 Å². The van der Waals surface area contributed by atoms with Crippen LogP contribution in [0, 0.1) is 6.92 Å². The van der Waals surface area contributed by atoms with Crippen molar-refractivity contribution in [3.8, 4) is 22.6 Å². The molecule has 0 atom stereocenters. The quantitative estimate of drug-likeness (QED) is 0.269. The van der Waals surface area contributed by atoms with Gasteiger partial charge in [0.15, 0.2) is 0 Å². The van der Waals surface area contributed by atoms with Crippen LogP contribution in [-0.4, -0.2) is 9.97 Å². The fourth-order valence-electron chi connectivity index (χ4n) is 4.66. The molecule has 2 nitrogen and oxygen atoms in total. The number of benzene rings is 3. The van der Waals surface area contributed by atoms with Crippen LogP contribution >= 0.6 is 0 Å². The SMILES string of the molecule is Cc1ccc(-c2ccc(-c3c4ccc(C(C)(C)C)cc4cc4ccc(C(C)(C)C)cc34)[nH]2)nc1. The van der Waals surface area contributed by atoms with Gasteiger partial charge in [0.05, 0.1) is 11.4 Å². The lowest BCUT2D eigenvalue weighted by molar-refractivity contribution is 0.590. The van der Waals surface area contributed by atoms with Crippen LogP contribution in [0.15, 0.2) is 72.9 Å². The Morgan fingerprint density at radius 2 is 1.29 bits per heavy atom. The summed E-state index contributed by atoms with van der Waals surface area (Å²) in [4.78, 5) is 8.32. The second-order valence-corrected chi connectivity index (χ2v) is 11.6. The van der Waals surface area contributed by atoms with Crippen LogP contribution in [0.5, 0.6) is 0 Å². The molecule has 5 rings (SSSR count). The molecule has 2 aromatic heterocycles. The molecule has 0 unspecified atom stereocenters. The smallest absolute Gasteiger partial charge is 0.0864 e. The number of hydrogen-bond donors (Lipinski definition) is 1. The molecule has 0 bridgehead atoms. The van der Waals surface area contributed by atoms with Crippen LogP contribution < -0.4 is 0 Å². The Morgan fingerprint density at radius 1 is 0.618 bits per heavy atom. The molecule has 2 heterocycles. The lowest BCUT2D eigenvalue weighted by Gasteiger charge is -2.22. The van der Waals surface area contributed by atoms with Gasteiger partial charge in [-0.25, -0.2) is 0 Å². The zero-order chi connectivity index (χ0) is 24.3. The highest BCUT2D eigenvalue weighted by molar-refractivity contribution is 6.12. The minimum absolute atomic E-state index is 0.0865. The Kier molecular flexibility index (Phi) is 5.16. The summed E-state index contributed by atoms with van der Waals surface area (Å²) in [6, 6.07) is 24.8. The van der Waals surface area contributed by atoms with E-state index in [0.717, 1.165) is 17.1 Å². The van der Waals surface area contributed by atoms with Crippen molar-refractivity contribution in [2.45, 2.75) is 59.3 Å². The maximum Gasteiger partial charge on any atom is 0.0864 e. The molecule has 0 fully saturated rings. The van der Waals surface area contributed by atoms with E-state index < -0.39 is 0 Å². The van der Waals surface area contributed by atoms with Crippen LogP contribution in [0.1, 0.15) is 58.2 Å². The number of pyridine rings is 1. The molecular formula is C32H34N2. The van der Waals surface area contributed by atoms with E-state index in [1.165, 1.54) is 43.8 Å². The number of aromatic nitrogens is 2. The van der Waals surface area contributed by atoms with E-state index in [2.05, 4.69) is 125 Å². The molecule has 34 heavy (non-hydrogen) atoms. The molecule has 3 aromatic carbocycles. The summed E-state index contributed by atoms with van der Waals surface area (Å²) < 4.78 is 0. The number of fused-ring (bicyclic) bond motifs is 2. The average molecular weight is 447 g/mol. The first-order valence-corrected chi connectivity index (χ1v) is 12.1. The number of nitrogens with zero attached hydrogens (tertiary/aromatic N) is 1. The van der Waals surface area contributed by atoms with E-state index in [1.807, 2.05) is 6.20 Å². The second kappa shape index (κ2) is 7.84. The highest BCUT2D eigenvalue weighted by Gasteiger charge is 2.19. The van der Waals surface area contributed by atoms with Crippen molar-refractivity contribution in [3.63, 3.8) is 0 Å². The fourth-order valence-corrected chi connectivity index (χ4v) is 4.66. The maximum atomic E-state index is 4.63. The summed E-state index contributed by atoms with van der Waals surface area (Å²) in [7, 11) is 0. The van der Waals surface area contributed by atoms with E-state index in [0.29, 0.717) is 0 Å². The number of H-pyrrole nitrogens is 1. The molecule has 0 saturated heterocycles. The predicted molar refractivity (Wildman–Crippen MR) is 147 cm³/mol. The van der Waals surface area contributed by atoms with Gasteiger partial charge in [0.2, 0.25) is 0 Å². The van der Waals surface area contributed by atoms with Gasteiger partial charge >= 0.3 is 0 Å². The summed E-state index contributed by atoms with van der Waals surface area (Å²) in [5.41, 5.74) is 8.45. The second-order valence-electron chi connectivity index (χ2n) is 11.6. The summed E-state index contributed by atoms with van der Waals surface area (Å²) >= 11 is 0. The predicted octanol–water partition coefficient (Wildman–Crippen LogP) is 8.95. The molecular weight excluding hydrogens is 412 g/mol. The molecule has 0 aliphatic rings. The lowest BCUT2D eigenvalue weighted by atomic mass is 9.82. The molecule has 5 aromatic rings. The third-order valence-electron chi connectivity index (χ3n) is 6.83. The van der Waals surface area contributed by atoms with Crippen molar-refractivity contribution >= 4 is 21.5 Å². The van der Waals surface area contributed by atoms with Gasteiger partial charge in [0, 0.05) is 17.5 Å². The minimum atomic E-state index is 0.0865. The lowest BCUT2D eigenvalue weighted by Crippen LogP contribution is -2.11. The normalized spacial score (nSPS) is 12.6. The van der Waals surface area contributed by atoms with Gasteiger partial charge in [-0.2, -0.15) is 0 Å². The maximum absolute atomic E-state index is 4.63. The van der Waals surface area contributed by atoms with E-state index >= 15 is 0 Å². The molecule has 0 amide bonds. The summed E-state index contributed by atoms with van der Waals surface area (Å²) in [6.45, 7) is 15.7. The van der Waals surface area contributed by atoms with Crippen LogP contribution in [0.25, 0.3) is 44.2 Å². The van der Waals surface area contributed by atoms with Crippen molar-refractivity contribution in [2.24, 2.45) is 0 Å². The molecule has 0 saturated carbocycles. The number of hydrogen-bond acceptors (Lipinski definition) is 1. The molecule has 0 radical (unpaired) electrons. The summed E-state index contributed by atoms with van der Waals surface area (Å²) in [5, 5.41) is 5.11. The van der Waals surface area contributed by atoms with E-state index in [1.54, 1.807) is 0 Å². The van der Waals surface area contributed by atoms with E-state index in [9.17, 15) is 0 Å². The Balaban J connectivity index is 1.80. The first kappa shape index (κ1) is 22.4. The van der Waals surface area contributed by atoms with Gasteiger partial charge in [-0.1, -0.05) is 77.9 Å². The van der Waals surface area contributed by atoms with E-state index in [4.69, 9.17) is 0 Å². The summed E-state index contributed by atoms with van der Waals surface area (Å²) in [5.74, 6) is 0. The van der Waals surface area contributed by atoms with E-state index in [-0.39, 0.29) is 10.8 Å². The van der Waals surface area contributed by atoms with Crippen molar-refractivity contribution in [1.29, 1.82) is 0 Å². The highest BCUT2D eigenvalue weighted by atomic mass is 14.8. The largest absolute Gasteiger partial charge is 0.353 e. The van der Waals surface area contributed by atoms with Gasteiger partial charge in [0.1, 0.15) is 0 Å². The first-order chi connectivity index (χ1) is 16.0. The minimum Gasteiger partial charge on any atom is -0.353 e. The molecule has 1 N–H and O–H groups in total. The Bertz CT molecular complexity index is 1500.